The summed E-state index contributed by atoms with van der Waals surface area (Å²) in [4.78, 5) is 17.7. The number of halogens is 3. The highest BCUT2D eigenvalue weighted by atomic mass is 19.4. The van der Waals surface area contributed by atoms with E-state index in [2.05, 4.69) is 16.8 Å². The van der Waals surface area contributed by atoms with Crippen LogP contribution < -0.4 is 5.56 Å². The highest BCUT2D eigenvalue weighted by molar-refractivity contribution is 5.79. The van der Waals surface area contributed by atoms with E-state index in [4.69, 9.17) is 9.47 Å². The van der Waals surface area contributed by atoms with Crippen LogP contribution in [0.1, 0.15) is 35.4 Å². The van der Waals surface area contributed by atoms with Gasteiger partial charge in [-0.3, -0.25) is 9.36 Å². The Balaban J connectivity index is 1.51. The number of hydrogen-bond donors (Lipinski definition) is 0. The zero-order valence-corrected chi connectivity index (χ0v) is 17.0. The van der Waals surface area contributed by atoms with E-state index in [1.165, 1.54) is 18.2 Å². The maximum atomic E-state index is 13.2. The number of ether oxygens (including phenoxy) is 2. The number of fused-ring (bicyclic) bond motifs is 2. The van der Waals surface area contributed by atoms with Gasteiger partial charge in [-0.15, -0.1) is 0 Å². The van der Waals surface area contributed by atoms with E-state index in [0.717, 1.165) is 6.07 Å². The summed E-state index contributed by atoms with van der Waals surface area (Å²) in [7, 11) is 0. The van der Waals surface area contributed by atoms with Crippen molar-refractivity contribution in [3.05, 3.63) is 75.3 Å². The van der Waals surface area contributed by atoms with E-state index < -0.39 is 17.5 Å². The van der Waals surface area contributed by atoms with E-state index >= 15 is 0 Å². The molecule has 0 saturated carbocycles. The van der Waals surface area contributed by atoms with Crippen molar-refractivity contribution < 1.29 is 22.6 Å². The van der Waals surface area contributed by atoms with Crippen LogP contribution in [0.25, 0.3) is 10.9 Å². The van der Waals surface area contributed by atoms with Gasteiger partial charge in [0.05, 0.1) is 29.7 Å². The van der Waals surface area contributed by atoms with Crippen LogP contribution in [0.3, 0.4) is 0 Å². The van der Waals surface area contributed by atoms with Crippen molar-refractivity contribution in [3.63, 3.8) is 0 Å². The Bertz CT molecular complexity index is 1310. The molecule has 0 amide bonds. The molecule has 0 N–H and O–H groups in total. The van der Waals surface area contributed by atoms with Crippen LogP contribution in [0.4, 0.5) is 13.2 Å². The van der Waals surface area contributed by atoms with Crippen LogP contribution in [-0.4, -0.2) is 28.6 Å². The Kier molecular flexibility index (Phi) is 5.03. The molecule has 3 heterocycles. The van der Waals surface area contributed by atoms with Gasteiger partial charge in [0, 0.05) is 36.9 Å². The number of hydrogen-bond acceptors (Lipinski definition) is 4. The van der Waals surface area contributed by atoms with Crippen LogP contribution in [0.5, 0.6) is 0 Å². The quantitative estimate of drug-likeness (QED) is 0.498. The van der Waals surface area contributed by atoms with Crippen LogP contribution in [0, 0.1) is 11.8 Å². The molecule has 0 radical (unpaired) electrons. The predicted molar refractivity (Wildman–Crippen MR) is 111 cm³/mol. The summed E-state index contributed by atoms with van der Waals surface area (Å²) in [6, 6.07) is 10.1. The first-order valence-electron chi connectivity index (χ1n) is 10.3. The number of benzene rings is 2. The molecular weight excluding hydrogens is 421 g/mol. The molecule has 164 valence electrons. The molecular formula is C24H19F3N2O3. The largest absolute Gasteiger partial charge is 0.417 e. The highest BCUT2D eigenvalue weighted by Crippen LogP contribution is 2.32. The van der Waals surface area contributed by atoms with E-state index in [1.807, 2.05) is 0 Å². The molecule has 0 atom stereocenters. The van der Waals surface area contributed by atoms with Crippen LogP contribution in [0.2, 0.25) is 0 Å². The lowest BCUT2D eigenvalue weighted by molar-refractivity contribution is -0.165. The molecule has 1 spiro atoms. The molecule has 0 bridgehead atoms. The Hall–Kier alpha value is -3.15. The van der Waals surface area contributed by atoms with Crippen molar-refractivity contribution in [2.75, 3.05) is 13.2 Å². The topological polar surface area (TPSA) is 53.4 Å². The van der Waals surface area contributed by atoms with Gasteiger partial charge >= 0.3 is 6.18 Å². The Labute approximate surface area is 181 Å². The third-order valence-electron chi connectivity index (χ3n) is 5.87. The minimum atomic E-state index is -4.48. The molecule has 1 aromatic heterocycles. The molecule has 2 aliphatic rings. The van der Waals surface area contributed by atoms with Crippen molar-refractivity contribution in [1.29, 1.82) is 0 Å². The first kappa shape index (κ1) is 20.7. The summed E-state index contributed by atoms with van der Waals surface area (Å²) < 4.78 is 52.8. The Morgan fingerprint density at radius 1 is 1.03 bits per heavy atom. The predicted octanol–water partition coefficient (Wildman–Crippen LogP) is 3.89. The van der Waals surface area contributed by atoms with Gasteiger partial charge in [0.2, 0.25) is 0 Å². The number of rotatable bonds is 0. The lowest BCUT2D eigenvalue weighted by atomic mass is 10.1. The third-order valence-corrected chi connectivity index (χ3v) is 5.87. The van der Waals surface area contributed by atoms with Crippen molar-refractivity contribution >= 4 is 10.9 Å². The average molecular weight is 440 g/mol. The van der Waals surface area contributed by atoms with E-state index in [0.29, 0.717) is 61.3 Å². The standard InChI is InChI=1S/C24H19F3N2O3/c25-24(26,27)19-4-2-1-3-17(19)7-5-16-6-8-18-20(15-16)28-21-9-10-23(31-13-14-32-23)11-12-29(21)22(18)30/h1-4,6,8,15H,9-14H2. The van der Waals surface area contributed by atoms with Crippen molar-refractivity contribution in [3.8, 4) is 11.8 Å². The first-order chi connectivity index (χ1) is 15.3. The summed E-state index contributed by atoms with van der Waals surface area (Å²) in [5, 5.41) is 0.444. The molecule has 0 aliphatic carbocycles. The van der Waals surface area contributed by atoms with Gasteiger partial charge in [0.15, 0.2) is 5.79 Å². The zero-order valence-electron chi connectivity index (χ0n) is 17.0. The molecule has 5 nitrogen and oxygen atoms in total. The summed E-state index contributed by atoms with van der Waals surface area (Å²) in [5.41, 5.74) is -0.0700. The van der Waals surface area contributed by atoms with Gasteiger partial charge in [0.1, 0.15) is 5.82 Å². The number of alkyl halides is 3. The van der Waals surface area contributed by atoms with E-state index in [1.54, 1.807) is 22.8 Å². The summed E-state index contributed by atoms with van der Waals surface area (Å²) in [5.74, 6) is 5.37. The Morgan fingerprint density at radius 3 is 2.59 bits per heavy atom. The van der Waals surface area contributed by atoms with Gasteiger partial charge in [0.25, 0.3) is 5.56 Å². The monoisotopic (exact) mass is 440 g/mol. The van der Waals surface area contributed by atoms with Crippen LogP contribution in [0.15, 0.2) is 47.3 Å². The van der Waals surface area contributed by atoms with Gasteiger partial charge in [-0.25, -0.2) is 4.98 Å². The van der Waals surface area contributed by atoms with Crippen LogP contribution >= 0.6 is 0 Å². The minimum Gasteiger partial charge on any atom is -0.347 e. The maximum absolute atomic E-state index is 13.2. The normalized spacial score (nSPS) is 17.6. The second kappa shape index (κ2) is 7.76. The van der Waals surface area contributed by atoms with Gasteiger partial charge < -0.3 is 9.47 Å². The van der Waals surface area contributed by atoms with E-state index in [9.17, 15) is 18.0 Å². The Morgan fingerprint density at radius 2 is 1.81 bits per heavy atom. The number of nitrogens with zero attached hydrogens (tertiary/aromatic N) is 2. The smallest absolute Gasteiger partial charge is 0.347 e. The number of aryl methyl sites for hydroxylation is 1. The fourth-order valence-corrected chi connectivity index (χ4v) is 4.24. The molecule has 1 saturated heterocycles. The second-order valence-electron chi connectivity index (χ2n) is 7.87. The highest BCUT2D eigenvalue weighted by Gasteiger charge is 2.38. The lowest BCUT2D eigenvalue weighted by Gasteiger charge is -2.24. The van der Waals surface area contributed by atoms with Gasteiger partial charge in [-0.1, -0.05) is 24.0 Å². The van der Waals surface area contributed by atoms with Crippen molar-refractivity contribution in [2.45, 2.75) is 37.8 Å². The van der Waals surface area contributed by atoms with Crippen molar-refractivity contribution in [1.82, 2.24) is 9.55 Å². The van der Waals surface area contributed by atoms with Gasteiger partial charge in [-0.2, -0.15) is 13.2 Å². The zero-order chi connectivity index (χ0) is 22.3. The lowest BCUT2D eigenvalue weighted by Crippen LogP contribution is -2.31. The number of aromatic nitrogens is 2. The van der Waals surface area contributed by atoms with E-state index in [-0.39, 0.29) is 11.1 Å². The minimum absolute atomic E-state index is 0.100. The summed E-state index contributed by atoms with van der Waals surface area (Å²) in [6.07, 6.45) is -2.76. The van der Waals surface area contributed by atoms with Gasteiger partial charge in [-0.05, 0) is 30.3 Å². The molecule has 2 aliphatic heterocycles. The molecule has 1 fully saturated rings. The first-order valence-corrected chi connectivity index (χ1v) is 10.3. The summed E-state index contributed by atoms with van der Waals surface area (Å²) >= 11 is 0. The van der Waals surface area contributed by atoms with Crippen LogP contribution in [-0.2, 0) is 28.6 Å². The molecule has 3 aromatic rings. The fourth-order valence-electron chi connectivity index (χ4n) is 4.24. The molecule has 5 rings (SSSR count). The molecule has 2 aromatic carbocycles. The third kappa shape index (κ3) is 3.78. The maximum Gasteiger partial charge on any atom is 0.417 e. The average Bonchev–Trinajstić information content (AvgIpc) is 3.16. The second-order valence-corrected chi connectivity index (χ2v) is 7.87. The van der Waals surface area contributed by atoms with Crippen molar-refractivity contribution in [2.24, 2.45) is 0 Å². The molecule has 32 heavy (non-hydrogen) atoms. The molecule has 0 unspecified atom stereocenters. The fraction of sp³-hybridized carbons (Fsp3) is 0.333. The summed E-state index contributed by atoms with van der Waals surface area (Å²) in [6.45, 7) is 1.53. The SMILES string of the molecule is O=c1c2ccc(C#Cc3ccccc3C(F)(F)F)cc2nc2n1CCC1(CC2)OCCO1. The molecule has 8 heteroatoms.